The van der Waals surface area contributed by atoms with E-state index in [-0.39, 0.29) is 5.91 Å². The summed E-state index contributed by atoms with van der Waals surface area (Å²) < 4.78 is 0. The van der Waals surface area contributed by atoms with Gasteiger partial charge in [0.1, 0.15) is 5.69 Å². The SMILES string of the molecule is Cc1ccccc1CN1CCC(CN(Cc2cccnc2)C(=O)c2ccc[nH]2)CC1. The zero-order valence-corrected chi connectivity index (χ0v) is 17.6. The van der Waals surface area contributed by atoms with Crippen molar-refractivity contribution in [3.8, 4) is 0 Å². The molecule has 1 fully saturated rings. The van der Waals surface area contributed by atoms with E-state index in [0.717, 1.165) is 44.6 Å². The largest absolute Gasteiger partial charge is 0.357 e. The van der Waals surface area contributed by atoms with Crippen LogP contribution in [-0.4, -0.2) is 45.3 Å². The molecule has 1 aromatic carbocycles. The average Bonchev–Trinajstić information content (AvgIpc) is 3.31. The molecule has 3 aromatic rings. The first-order chi connectivity index (χ1) is 14.7. The van der Waals surface area contributed by atoms with Crippen molar-refractivity contribution in [3.63, 3.8) is 0 Å². The van der Waals surface area contributed by atoms with Gasteiger partial charge in [0.05, 0.1) is 0 Å². The summed E-state index contributed by atoms with van der Waals surface area (Å²) in [7, 11) is 0. The summed E-state index contributed by atoms with van der Waals surface area (Å²) in [5, 5.41) is 0. The third-order valence-electron chi connectivity index (χ3n) is 6.05. The van der Waals surface area contributed by atoms with Gasteiger partial charge >= 0.3 is 0 Å². The number of H-pyrrole nitrogens is 1. The minimum Gasteiger partial charge on any atom is -0.357 e. The fourth-order valence-electron chi connectivity index (χ4n) is 4.23. The van der Waals surface area contributed by atoms with E-state index in [9.17, 15) is 4.79 Å². The number of hydrogen-bond acceptors (Lipinski definition) is 3. The van der Waals surface area contributed by atoms with E-state index < -0.39 is 0 Å². The molecule has 3 heterocycles. The Morgan fingerprint density at radius 2 is 1.97 bits per heavy atom. The quantitative estimate of drug-likeness (QED) is 0.642. The molecule has 0 spiro atoms. The van der Waals surface area contributed by atoms with Crippen LogP contribution in [0.1, 0.15) is 40.0 Å². The lowest BCUT2D eigenvalue weighted by atomic mass is 9.95. The fourth-order valence-corrected chi connectivity index (χ4v) is 4.23. The summed E-state index contributed by atoms with van der Waals surface area (Å²) in [6.45, 7) is 6.73. The number of likely N-dealkylation sites (tertiary alicyclic amines) is 1. The van der Waals surface area contributed by atoms with Crippen molar-refractivity contribution in [2.45, 2.75) is 32.9 Å². The standard InChI is InChI=1S/C25H30N4O/c1-20-6-2-3-8-23(20)19-28-14-10-21(11-15-28)17-29(18-22-7-4-12-26-16-22)25(30)24-9-5-13-27-24/h2-9,12-13,16,21,27H,10-11,14-15,17-19H2,1H3. The Bertz CT molecular complexity index is 931. The molecule has 1 N–H and O–H groups in total. The normalized spacial score (nSPS) is 15.2. The molecule has 0 radical (unpaired) electrons. The molecule has 156 valence electrons. The van der Waals surface area contributed by atoms with Crippen molar-refractivity contribution < 1.29 is 4.79 Å². The van der Waals surface area contributed by atoms with Crippen LogP contribution < -0.4 is 0 Å². The number of aromatic nitrogens is 2. The maximum absolute atomic E-state index is 13.1. The Hall–Kier alpha value is -2.92. The third-order valence-corrected chi connectivity index (χ3v) is 6.05. The fraction of sp³-hybridized carbons (Fsp3) is 0.360. The Kier molecular flexibility index (Phi) is 6.60. The van der Waals surface area contributed by atoms with Crippen LogP contribution in [-0.2, 0) is 13.1 Å². The number of piperidine rings is 1. The van der Waals surface area contributed by atoms with Crippen LogP contribution in [0.4, 0.5) is 0 Å². The van der Waals surface area contributed by atoms with Crippen LogP contribution in [0.15, 0.2) is 67.1 Å². The molecule has 1 amide bonds. The van der Waals surface area contributed by atoms with Crippen LogP contribution in [0.5, 0.6) is 0 Å². The highest BCUT2D eigenvalue weighted by Crippen LogP contribution is 2.22. The zero-order chi connectivity index (χ0) is 20.8. The first-order valence-electron chi connectivity index (χ1n) is 10.8. The van der Waals surface area contributed by atoms with E-state index in [4.69, 9.17) is 0 Å². The predicted molar refractivity (Wildman–Crippen MR) is 119 cm³/mol. The van der Waals surface area contributed by atoms with Crippen LogP contribution in [0.2, 0.25) is 0 Å². The lowest BCUT2D eigenvalue weighted by Gasteiger charge is -2.35. The number of carbonyl (C=O) groups excluding carboxylic acids is 1. The minimum atomic E-state index is 0.0613. The van der Waals surface area contributed by atoms with Gasteiger partial charge in [0.15, 0.2) is 0 Å². The second-order valence-corrected chi connectivity index (χ2v) is 8.28. The smallest absolute Gasteiger partial charge is 0.270 e. The van der Waals surface area contributed by atoms with Gasteiger partial charge < -0.3 is 9.88 Å². The summed E-state index contributed by atoms with van der Waals surface area (Å²) >= 11 is 0. The summed E-state index contributed by atoms with van der Waals surface area (Å²) in [5.74, 6) is 0.583. The van der Waals surface area contributed by atoms with Crippen molar-refractivity contribution in [3.05, 3.63) is 89.5 Å². The first kappa shape index (κ1) is 20.4. The molecule has 0 saturated carbocycles. The molecule has 0 atom stereocenters. The van der Waals surface area contributed by atoms with Crippen LogP contribution in [0.25, 0.3) is 0 Å². The average molecular weight is 403 g/mol. The Balaban J connectivity index is 1.37. The monoisotopic (exact) mass is 402 g/mol. The van der Waals surface area contributed by atoms with E-state index in [2.05, 4.69) is 46.1 Å². The molecule has 1 saturated heterocycles. The summed E-state index contributed by atoms with van der Waals surface area (Å²) in [5.41, 5.74) is 4.49. The number of pyridine rings is 1. The predicted octanol–water partition coefficient (Wildman–Crippen LogP) is 4.27. The Labute approximate surface area is 178 Å². The number of rotatable bonds is 7. The van der Waals surface area contributed by atoms with Gasteiger partial charge in [-0.25, -0.2) is 0 Å². The summed E-state index contributed by atoms with van der Waals surface area (Å²) in [6.07, 6.45) is 7.66. The molecule has 0 unspecified atom stereocenters. The number of benzene rings is 1. The van der Waals surface area contributed by atoms with Crippen LogP contribution in [0, 0.1) is 12.8 Å². The number of nitrogens with zero attached hydrogens (tertiary/aromatic N) is 3. The number of carbonyl (C=O) groups is 1. The number of amides is 1. The molecule has 1 aliphatic rings. The van der Waals surface area contributed by atoms with Crippen molar-refractivity contribution in [1.29, 1.82) is 0 Å². The Morgan fingerprint density at radius 3 is 2.67 bits per heavy atom. The van der Waals surface area contributed by atoms with E-state index in [0.29, 0.717) is 18.2 Å². The Morgan fingerprint density at radius 1 is 1.13 bits per heavy atom. The summed E-state index contributed by atoms with van der Waals surface area (Å²) in [4.78, 5) is 24.9. The molecule has 5 nitrogen and oxygen atoms in total. The summed E-state index contributed by atoms with van der Waals surface area (Å²) in [6, 6.07) is 16.3. The van der Waals surface area contributed by atoms with Crippen molar-refractivity contribution in [1.82, 2.24) is 19.8 Å². The van der Waals surface area contributed by atoms with E-state index >= 15 is 0 Å². The second-order valence-electron chi connectivity index (χ2n) is 8.28. The number of aryl methyl sites for hydroxylation is 1. The van der Waals surface area contributed by atoms with Crippen molar-refractivity contribution in [2.75, 3.05) is 19.6 Å². The molecule has 2 aromatic heterocycles. The molecule has 0 bridgehead atoms. The maximum Gasteiger partial charge on any atom is 0.270 e. The highest BCUT2D eigenvalue weighted by Gasteiger charge is 2.25. The second kappa shape index (κ2) is 9.72. The highest BCUT2D eigenvalue weighted by atomic mass is 16.2. The number of nitrogens with one attached hydrogen (secondary N) is 1. The van der Waals surface area contributed by atoms with E-state index in [1.807, 2.05) is 35.4 Å². The van der Waals surface area contributed by atoms with Crippen molar-refractivity contribution in [2.24, 2.45) is 5.92 Å². The third kappa shape index (κ3) is 5.16. The topological polar surface area (TPSA) is 52.2 Å². The molecule has 4 rings (SSSR count). The van der Waals surface area contributed by atoms with E-state index in [1.54, 1.807) is 12.4 Å². The molecule has 5 heteroatoms. The maximum atomic E-state index is 13.1. The molecule has 30 heavy (non-hydrogen) atoms. The minimum absolute atomic E-state index is 0.0613. The zero-order valence-electron chi connectivity index (χ0n) is 17.6. The first-order valence-corrected chi connectivity index (χ1v) is 10.8. The van der Waals surface area contributed by atoms with Gasteiger partial charge in [-0.3, -0.25) is 14.7 Å². The van der Waals surface area contributed by atoms with Gasteiger partial charge in [-0.05, 0) is 73.7 Å². The molecular weight excluding hydrogens is 372 g/mol. The van der Waals surface area contributed by atoms with Gasteiger partial charge in [-0.1, -0.05) is 30.3 Å². The van der Waals surface area contributed by atoms with Gasteiger partial charge in [0.2, 0.25) is 0 Å². The van der Waals surface area contributed by atoms with Crippen LogP contribution in [0.3, 0.4) is 0 Å². The lowest BCUT2D eigenvalue weighted by molar-refractivity contribution is 0.0666. The van der Waals surface area contributed by atoms with Crippen molar-refractivity contribution >= 4 is 5.91 Å². The molecular formula is C25H30N4O. The van der Waals surface area contributed by atoms with Gasteiger partial charge in [-0.15, -0.1) is 0 Å². The lowest BCUT2D eigenvalue weighted by Crippen LogP contribution is -2.40. The number of aromatic amines is 1. The number of hydrogen-bond donors (Lipinski definition) is 1. The molecule has 0 aliphatic carbocycles. The van der Waals surface area contributed by atoms with E-state index in [1.165, 1.54) is 11.1 Å². The van der Waals surface area contributed by atoms with Gasteiger partial charge in [0.25, 0.3) is 5.91 Å². The molecule has 1 aliphatic heterocycles. The van der Waals surface area contributed by atoms with Gasteiger partial charge in [-0.2, -0.15) is 0 Å². The van der Waals surface area contributed by atoms with Crippen LogP contribution >= 0.6 is 0 Å². The van der Waals surface area contributed by atoms with Gasteiger partial charge in [0, 0.05) is 38.2 Å². The highest BCUT2D eigenvalue weighted by molar-refractivity contribution is 5.92.